The molecule has 0 fully saturated rings. The summed E-state index contributed by atoms with van der Waals surface area (Å²) in [6.45, 7) is -3.24. The molecule has 0 unspecified atom stereocenters. The number of carbonyl (C=O) groups is 2. The quantitative estimate of drug-likeness (QED) is 0.739. The number of benzene rings is 3. The number of halogens is 2. The summed E-state index contributed by atoms with van der Waals surface area (Å²) in [6, 6.07) is 16.8. The highest BCUT2D eigenvalue weighted by atomic mass is 19.3. The van der Waals surface area contributed by atoms with Crippen LogP contribution in [-0.4, -0.2) is 25.0 Å². The molecule has 0 aromatic heterocycles. The van der Waals surface area contributed by atoms with Crippen molar-refractivity contribution in [2.45, 2.75) is 6.61 Å². The minimum Gasteiger partial charge on any atom is -0.433 e. The fourth-order valence-electron chi connectivity index (χ4n) is 3.24. The van der Waals surface area contributed by atoms with E-state index in [0.29, 0.717) is 11.3 Å². The van der Waals surface area contributed by atoms with Crippen LogP contribution in [0.25, 0.3) is 10.8 Å². The van der Waals surface area contributed by atoms with Crippen molar-refractivity contribution in [1.82, 2.24) is 0 Å². The van der Waals surface area contributed by atoms with E-state index < -0.39 is 12.5 Å². The fourth-order valence-corrected chi connectivity index (χ4v) is 3.24. The molecule has 0 atom stereocenters. The molecule has 5 nitrogen and oxygen atoms in total. The molecule has 1 heterocycles. The standard InChI is InChI=1S/C20H14F2N2O3/c21-20(22)27-16-10-2-1-8-14(16)23-17(25)11-24-15-9-4-6-12-5-3-7-13(18(12)15)19(24)26/h1-10,20H,11H2,(H,23,25). The third-order valence-corrected chi connectivity index (χ3v) is 4.33. The minimum absolute atomic E-state index is 0.116. The van der Waals surface area contributed by atoms with Gasteiger partial charge in [0.1, 0.15) is 12.3 Å². The zero-order valence-electron chi connectivity index (χ0n) is 14.0. The number of nitrogens with one attached hydrogen (secondary N) is 1. The van der Waals surface area contributed by atoms with Crippen LogP contribution < -0.4 is 15.0 Å². The predicted molar refractivity (Wildman–Crippen MR) is 97.3 cm³/mol. The summed E-state index contributed by atoms with van der Waals surface area (Å²) in [5.74, 6) is -0.925. The van der Waals surface area contributed by atoms with Crippen LogP contribution in [0.4, 0.5) is 20.2 Å². The lowest BCUT2D eigenvalue weighted by Gasteiger charge is -2.18. The summed E-state index contributed by atoms with van der Waals surface area (Å²) in [7, 11) is 0. The van der Waals surface area contributed by atoms with Gasteiger partial charge in [-0.15, -0.1) is 0 Å². The first kappa shape index (κ1) is 17.0. The zero-order valence-corrected chi connectivity index (χ0v) is 14.0. The Hall–Kier alpha value is -3.48. The van der Waals surface area contributed by atoms with Gasteiger partial charge in [-0.25, -0.2) is 0 Å². The van der Waals surface area contributed by atoms with Crippen molar-refractivity contribution in [3.8, 4) is 5.75 Å². The third kappa shape index (κ3) is 3.08. The maximum atomic E-state index is 12.7. The molecule has 1 aliphatic heterocycles. The van der Waals surface area contributed by atoms with E-state index in [9.17, 15) is 18.4 Å². The van der Waals surface area contributed by atoms with Crippen molar-refractivity contribution in [3.63, 3.8) is 0 Å². The summed E-state index contributed by atoms with van der Waals surface area (Å²) in [4.78, 5) is 26.6. The van der Waals surface area contributed by atoms with E-state index in [2.05, 4.69) is 10.1 Å². The van der Waals surface area contributed by atoms with E-state index in [4.69, 9.17) is 0 Å². The lowest BCUT2D eigenvalue weighted by atomic mass is 10.1. The number of alkyl halides is 2. The van der Waals surface area contributed by atoms with E-state index in [1.807, 2.05) is 18.2 Å². The Morgan fingerprint density at radius 1 is 1.04 bits per heavy atom. The van der Waals surface area contributed by atoms with Gasteiger partial charge in [0.05, 0.1) is 11.4 Å². The fraction of sp³-hybridized carbons (Fsp3) is 0.100. The predicted octanol–water partition coefficient (Wildman–Crippen LogP) is 4.04. The molecule has 2 amide bonds. The monoisotopic (exact) mass is 368 g/mol. The van der Waals surface area contributed by atoms with E-state index in [1.165, 1.54) is 23.1 Å². The van der Waals surface area contributed by atoms with E-state index in [-0.39, 0.29) is 23.9 Å². The SMILES string of the molecule is O=C(CN1C(=O)c2cccc3cccc1c23)Nc1ccccc1OC(F)F. The topological polar surface area (TPSA) is 58.6 Å². The summed E-state index contributed by atoms with van der Waals surface area (Å²) in [6.07, 6.45) is 0. The van der Waals surface area contributed by atoms with Crippen LogP contribution in [0.15, 0.2) is 60.7 Å². The minimum atomic E-state index is -3.00. The van der Waals surface area contributed by atoms with Gasteiger partial charge in [-0.1, -0.05) is 36.4 Å². The Kier molecular flexibility index (Phi) is 4.19. The van der Waals surface area contributed by atoms with Gasteiger partial charge in [0.25, 0.3) is 5.91 Å². The lowest BCUT2D eigenvalue weighted by Crippen LogP contribution is -2.35. The van der Waals surface area contributed by atoms with Gasteiger partial charge in [0.15, 0.2) is 0 Å². The van der Waals surface area contributed by atoms with Crippen LogP contribution in [0, 0.1) is 0 Å². The van der Waals surface area contributed by atoms with Gasteiger partial charge >= 0.3 is 6.61 Å². The molecular weight excluding hydrogens is 354 g/mol. The Morgan fingerprint density at radius 3 is 2.56 bits per heavy atom. The molecule has 0 bridgehead atoms. The Morgan fingerprint density at radius 2 is 1.78 bits per heavy atom. The number of amides is 2. The molecule has 136 valence electrons. The second kappa shape index (κ2) is 6.68. The van der Waals surface area contributed by atoms with Crippen molar-refractivity contribution in [2.24, 2.45) is 0 Å². The maximum Gasteiger partial charge on any atom is 0.387 e. The highest BCUT2D eigenvalue weighted by Gasteiger charge is 2.31. The smallest absolute Gasteiger partial charge is 0.387 e. The van der Waals surface area contributed by atoms with E-state index in [0.717, 1.165) is 10.8 Å². The molecular formula is C20H14F2N2O3. The molecule has 4 rings (SSSR count). The van der Waals surface area contributed by atoms with Crippen LogP contribution in [-0.2, 0) is 4.79 Å². The van der Waals surface area contributed by atoms with Crippen molar-refractivity contribution in [2.75, 3.05) is 16.8 Å². The molecule has 0 radical (unpaired) electrons. The van der Waals surface area contributed by atoms with Gasteiger partial charge < -0.3 is 10.1 Å². The van der Waals surface area contributed by atoms with Crippen molar-refractivity contribution in [1.29, 1.82) is 0 Å². The highest BCUT2D eigenvalue weighted by molar-refractivity contribution is 6.26. The van der Waals surface area contributed by atoms with E-state index >= 15 is 0 Å². The average molecular weight is 368 g/mol. The largest absolute Gasteiger partial charge is 0.433 e. The zero-order chi connectivity index (χ0) is 19.0. The summed E-state index contributed by atoms with van der Waals surface area (Å²) in [5, 5.41) is 4.25. The van der Waals surface area contributed by atoms with Crippen LogP contribution in [0.1, 0.15) is 10.4 Å². The molecule has 0 aliphatic carbocycles. The van der Waals surface area contributed by atoms with Crippen molar-refractivity contribution < 1.29 is 23.1 Å². The summed E-state index contributed by atoms with van der Waals surface area (Å²) in [5.41, 5.74) is 1.31. The molecule has 3 aromatic rings. The molecule has 1 aliphatic rings. The summed E-state index contributed by atoms with van der Waals surface area (Å²) < 4.78 is 29.4. The Bertz CT molecular complexity index is 1050. The first-order valence-electron chi connectivity index (χ1n) is 8.22. The molecule has 7 heteroatoms. The highest BCUT2D eigenvalue weighted by Crippen LogP contribution is 2.37. The number of anilines is 2. The van der Waals surface area contributed by atoms with Gasteiger partial charge in [0.2, 0.25) is 5.91 Å². The lowest BCUT2D eigenvalue weighted by molar-refractivity contribution is -0.115. The Labute approximate surface area is 153 Å². The number of hydrogen-bond acceptors (Lipinski definition) is 3. The second-order valence-corrected chi connectivity index (χ2v) is 5.99. The Balaban J connectivity index is 1.57. The number of rotatable bonds is 5. The molecule has 27 heavy (non-hydrogen) atoms. The first-order valence-corrected chi connectivity index (χ1v) is 8.22. The molecule has 0 saturated carbocycles. The number of carbonyl (C=O) groups excluding carboxylic acids is 2. The molecule has 1 N–H and O–H groups in total. The maximum absolute atomic E-state index is 12.7. The summed E-state index contributed by atoms with van der Waals surface area (Å²) >= 11 is 0. The van der Waals surface area contributed by atoms with Crippen LogP contribution in [0.2, 0.25) is 0 Å². The number of nitrogens with zero attached hydrogens (tertiary/aromatic N) is 1. The van der Waals surface area contributed by atoms with Gasteiger partial charge in [-0.3, -0.25) is 14.5 Å². The van der Waals surface area contributed by atoms with Gasteiger partial charge in [0, 0.05) is 10.9 Å². The molecule has 3 aromatic carbocycles. The van der Waals surface area contributed by atoms with Crippen LogP contribution >= 0.6 is 0 Å². The number of para-hydroxylation sites is 2. The van der Waals surface area contributed by atoms with Crippen molar-refractivity contribution >= 4 is 34.0 Å². The molecule has 0 saturated heterocycles. The van der Waals surface area contributed by atoms with Gasteiger partial charge in [-0.2, -0.15) is 8.78 Å². The number of ether oxygens (including phenoxy) is 1. The molecule has 0 spiro atoms. The van der Waals surface area contributed by atoms with Crippen LogP contribution in [0.3, 0.4) is 0 Å². The normalized spacial score (nSPS) is 12.7. The number of hydrogen-bond donors (Lipinski definition) is 1. The van der Waals surface area contributed by atoms with Gasteiger partial charge in [-0.05, 0) is 29.7 Å². The average Bonchev–Trinajstić information content (AvgIpc) is 2.91. The van der Waals surface area contributed by atoms with E-state index in [1.54, 1.807) is 24.3 Å². The third-order valence-electron chi connectivity index (χ3n) is 4.33. The first-order chi connectivity index (χ1) is 13.0. The second-order valence-electron chi connectivity index (χ2n) is 5.99. The van der Waals surface area contributed by atoms with Crippen LogP contribution in [0.5, 0.6) is 5.75 Å². The van der Waals surface area contributed by atoms with Crippen molar-refractivity contribution in [3.05, 3.63) is 66.2 Å².